The van der Waals surface area contributed by atoms with Gasteiger partial charge in [0.1, 0.15) is 11.1 Å². The molecule has 0 aliphatic rings. The quantitative estimate of drug-likeness (QED) is 0.731. The van der Waals surface area contributed by atoms with Crippen molar-refractivity contribution in [2.45, 2.75) is 43.9 Å². The molecule has 7 heteroatoms. The topological polar surface area (TPSA) is 66.5 Å². The predicted molar refractivity (Wildman–Crippen MR) is 88.4 cm³/mol. The molecule has 0 unspecified atom stereocenters. The van der Waals surface area contributed by atoms with E-state index in [9.17, 15) is 17.6 Å². The van der Waals surface area contributed by atoms with Gasteiger partial charge < -0.3 is 5.32 Å². The number of hydrogen-bond donors (Lipinski definition) is 1. The summed E-state index contributed by atoms with van der Waals surface area (Å²) in [4.78, 5) is 14.3. The molecule has 0 saturated heterocycles. The highest BCUT2D eigenvalue weighted by molar-refractivity contribution is 7.92. The Labute approximate surface area is 137 Å². The summed E-state index contributed by atoms with van der Waals surface area (Å²) in [5.74, 6) is -1.07. The zero-order valence-corrected chi connectivity index (χ0v) is 14.9. The van der Waals surface area contributed by atoms with Crippen LogP contribution >= 0.6 is 0 Å². The van der Waals surface area contributed by atoms with Crippen LogP contribution in [0.2, 0.25) is 0 Å². The van der Waals surface area contributed by atoms with E-state index in [0.717, 1.165) is 25.2 Å². The van der Waals surface area contributed by atoms with Gasteiger partial charge in [0.15, 0.2) is 9.84 Å². The standard InChI is InChI=1S/C16H25FN2O3S/c1-5-19(6-2)12(3)11-18-16(20)13(4)23(21,22)15-9-7-14(17)8-10-15/h7-10,12-13H,5-6,11H2,1-4H3,(H,18,20)/t12-,13+/m0/s1. The molecule has 0 aliphatic heterocycles. The molecule has 0 bridgehead atoms. The van der Waals surface area contributed by atoms with Gasteiger partial charge in [0.05, 0.1) is 4.90 Å². The molecule has 1 aromatic rings. The second-order valence-electron chi connectivity index (χ2n) is 5.46. The van der Waals surface area contributed by atoms with E-state index in [1.54, 1.807) is 0 Å². The van der Waals surface area contributed by atoms with E-state index < -0.39 is 26.8 Å². The third-order valence-corrected chi connectivity index (χ3v) is 6.06. The zero-order valence-electron chi connectivity index (χ0n) is 14.0. The average Bonchev–Trinajstić information content (AvgIpc) is 2.53. The van der Waals surface area contributed by atoms with Crippen LogP contribution in [0.4, 0.5) is 4.39 Å². The fourth-order valence-corrected chi connectivity index (χ4v) is 3.63. The Bertz CT molecular complexity index is 613. The zero-order chi connectivity index (χ0) is 17.6. The number of halogens is 1. The molecule has 0 fully saturated rings. The van der Waals surface area contributed by atoms with E-state index in [2.05, 4.69) is 10.2 Å². The number of likely N-dealkylation sites (N-methyl/N-ethyl adjacent to an activating group) is 1. The number of carbonyl (C=O) groups is 1. The summed E-state index contributed by atoms with van der Waals surface area (Å²) < 4.78 is 37.7. The van der Waals surface area contributed by atoms with Gasteiger partial charge in [-0.3, -0.25) is 9.69 Å². The molecular weight excluding hydrogens is 319 g/mol. The van der Waals surface area contributed by atoms with Crippen LogP contribution in [0.1, 0.15) is 27.7 Å². The molecule has 0 aromatic heterocycles. The number of nitrogens with zero attached hydrogens (tertiary/aromatic N) is 1. The van der Waals surface area contributed by atoms with Crippen molar-refractivity contribution < 1.29 is 17.6 Å². The molecule has 2 atom stereocenters. The highest BCUT2D eigenvalue weighted by Crippen LogP contribution is 2.16. The Morgan fingerprint density at radius 2 is 1.70 bits per heavy atom. The number of amides is 1. The molecule has 0 saturated carbocycles. The maximum absolute atomic E-state index is 12.9. The molecule has 0 aliphatic carbocycles. The Hall–Kier alpha value is -1.47. The fraction of sp³-hybridized carbons (Fsp3) is 0.562. The monoisotopic (exact) mass is 344 g/mol. The van der Waals surface area contributed by atoms with Gasteiger partial charge >= 0.3 is 0 Å². The van der Waals surface area contributed by atoms with Crippen molar-refractivity contribution in [3.05, 3.63) is 30.1 Å². The van der Waals surface area contributed by atoms with Gasteiger partial charge in [-0.25, -0.2) is 12.8 Å². The summed E-state index contributed by atoms with van der Waals surface area (Å²) in [6.07, 6.45) is 0. The van der Waals surface area contributed by atoms with Crippen molar-refractivity contribution in [2.24, 2.45) is 0 Å². The lowest BCUT2D eigenvalue weighted by molar-refractivity contribution is -0.120. The average molecular weight is 344 g/mol. The summed E-state index contributed by atoms with van der Waals surface area (Å²) in [5.41, 5.74) is 0. The number of sulfone groups is 1. The minimum Gasteiger partial charge on any atom is -0.353 e. The van der Waals surface area contributed by atoms with Crippen molar-refractivity contribution in [1.82, 2.24) is 10.2 Å². The van der Waals surface area contributed by atoms with Gasteiger partial charge in [0.25, 0.3) is 0 Å². The molecule has 5 nitrogen and oxygen atoms in total. The maximum Gasteiger partial charge on any atom is 0.238 e. The van der Waals surface area contributed by atoms with Crippen molar-refractivity contribution in [3.63, 3.8) is 0 Å². The van der Waals surface area contributed by atoms with Crippen molar-refractivity contribution in [1.29, 1.82) is 0 Å². The first-order valence-corrected chi connectivity index (χ1v) is 9.29. The minimum absolute atomic E-state index is 0.0571. The van der Waals surface area contributed by atoms with E-state index in [-0.39, 0.29) is 10.9 Å². The van der Waals surface area contributed by atoms with Crippen LogP contribution in [0.15, 0.2) is 29.2 Å². The van der Waals surface area contributed by atoms with Gasteiger partial charge in [-0.15, -0.1) is 0 Å². The lowest BCUT2D eigenvalue weighted by atomic mass is 10.2. The smallest absolute Gasteiger partial charge is 0.238 e. The Balaban J connectivity index is 2.74. The molecule has 23 heavy (non-hydrogen) atoms. The first-order valence-electron chi connectivity index (χ1n) is 7.75. The highest BCUT2D eigenvalue weighted by Gasteiger charge is 2.30. The molecular formula is C16H25FN2O3S. The van der Waals surface area contributed by atoms with Crippen LogP contribution in [0, 0.1) is 5.82 Å². The lowest BCUT2D eigenvalue weighted by Crippen LogP contribution is -2.45. The van der Waals surface area contributed by atoms with Gasteiger partial charge in [0.2, 0.25) is 5.91 Å². The summed E-state index contributed by atoms with van der Waals surface area (Å²) in [7, 11) is -3.83. The highest BCUT2D eigenvalue weighted by atomic mass is 32.2. The van der Waals surface area contributed by atoms with Crippen molar-refractivity contribution >= 4 is 15.7 Å². The molecule has 1 rings (SSSR count). The van der Waals surface area contributed by atoms with E-state index in [4.69, 9.17) is 0 Å². The summed E-state index contributed by atoms with van der Waals surface area (Å²) in [6.45, 7) is 9.48. The van der Waals surface area contributed by atoms with Crippen LogP contribution in [0.25, 0.3) is 0 Å². The molecule has 1 N–H and O–H groups in total. The Morgan fingerprint density at radius 3 is 2.17 bits per heavy atom. The second-order valence-corrected chi connectivity index (χ2v) is 7.73. The second kappa shape index (κ2) is 8.40. The SMILES string of the molecule is CCN(CC)[C@@H](C)CNC(=O)[C@@H](C)S(=O)(=O)c1ccc(F)cc1. The third-order valence-electron chi connectivity index (χ3n) is 3.98. The van der Waals surface area contributed by atoms with Crippen LogP contribution in [0.5, 0.6) is 0 Å². The first kappa shape index (κ1) is 19.6. The van der Waals surface area contributed by atoms with Crippen molar-refractivity contribution in [2.75, 3.05) is 19.6 Å². The predicted octanol–water partition coefficient (Wildman–Crippen LogP) is 1.83. The Kier molecular flexibility index (Phi) is 7.15. The summed E-state index contributed by atoms with van der Waals surface area (Å²) >= 11 is 0. The normalized spacial score (nSPS) is 14.5. The molecule has 1 aromatic carbocycles. The fourth-order valence-electron chi connectivity index (χ4n) is 2.34. The number of nitrogens with one attached hydrogen (secondary N) is 1. The van der Waals surface area contributed by atoms with Gasteiger partial charge in [-0.05, 0) is 51.2 Å². The lowest BCUT2D eigenvalue weighted by Gasteiger charge is -2.26. The minimum atomic E-state index is -3.83. The molecule has 0 heterocycles. The number of benzene rings is 1. The summed E-state index contributed by atoms with van der Waals surface area (Å²) in [6, 6.07) is 4.61. The third kappa shape index (κ3) is 5.00. The summed E-state index contributed by atoms with van der Waals surface area (Å²) in [5, 5.41) is 1.46. The largest absolute Gasteiger partial charge is 0.353 e. The molecule has 1 amide bonds. The van der Waals surface area contributed by atoms with Crippen molar-refractivity contribution in [3.8, 4) is 0 Å². The molecule has 130 valence electrons. The van der Waals surface area contributed by atoms with E-state index in [1.807, 2.05) is 20.8 Å². The first-order chi connectivity index (χ1) is 10.7. The molecule has 0 spiro atoms. The van der Waals surface area contributed by atoms with Crippen LogP contribution < -0.4 is 5.32 Å². The van der Waals surface area contributed by atoms with Gasteiger partial charge in [0, 0.05) is 12.6 Å². The van der Waals surface area contributed by atoms with Gasteiger partial charge in [-0.2, -0.15) is 0 Å². The maximum atomic E-state index is 12.9. The van der Waals surface area contributed by atoms with E-state index in [0.29, 0.717) is 6.54 Å². The van der Waals surface area contributed by atoms with E-state index in [1.165, 1.54) is 19.1 Å². The van der Waals surface area contributed by atoms with Crippen LogP contribution in [-0.4, -0.2) is 50.2 Å². The van der Waals surface area contributed by atoms with Crippen LogP contribution in [0.3, 0.4) is 0 Å². The van der Waals surface area contributed by atoms with Crippen LogP contribution in [-0.2, 0) is 14.6 Å². The molecule has 0 radical (unpaired) electrons. The number of hydrogen-bond acceptors (Lipinski definition) is 4. The number of rotatable bonds is 8. The van der Waals surface area contributed by atoms with Gasteiger partial charge in [-0.1, -0.05) is 13.8 Å². The van der Waals surface area contributed by atoms with E-state index >= 15 is 0 Å². The Morgan fingerprint density at radius 1 is 1.17 bits per heavy atom. The number of carbonyl (C=O) groups excluding carboxylic acids is 1.